The highest BCUT2D eigenvalue weighted by molar-refractivity contribution is 6.42. The maximum absolute atomic E-state index is 12.7. The molecule has 0 saturated carbocycles. The number of rotatable bonds is 7. The molecule has 130 valence electrons. The fourth-order valence-electron chi connectivity index (χ4n) is 2.67. The Morgan fingerprint density at radius 1 is 1.12 bits per heavy atom. The predicted octanol–water partition coefficient (Wildman–Crippen LogP) is 6.08. The number of allylic oxidation sites excluding steroid dienone is 4. The molecule has 6 heteroatoms. The van der Waals surface area contributed by atoms with Crippen LogP contribution < -0.4 is 0 Å². The van der Waals surface area contributed by atoms with E-state index >= 15 is 0 Å². The van der Waals surface area contributed by atoms with Crippen molar-refractivity contribution in [3.05, 3.63) is 43.9 Å². The second-order valence-corrected chi connectivity index (χ2v) is 7.10. The Bertz CT molecular complexity index is 721. The van der Waals surface area contributed by atoms with Crippen molar-refractivity contribution in [1.82, 2.24) is 0 Å². The van der Waals surface area contributed by atoms with Gasteiger partial charge in [-0.3, -0.25) is 4.79 Å². The normalized spacial score (nSPS) is 14.2. The number of aromatic hydroxyl groups is 2. The van der Waals surface area contributed by atoms with Gasteiger partial charge in [0.05, 0.1) is 10.1 Å². The Morgan fingerprint density at radius 2 is 1.83 bits per heavy atom. The van der Waals surface area contributed by atoms with Crippen LogP contribution in [-0.4, -0.2) is 16.0 Å². The Morgan fingerprint density at radius 3 is 2.42 bits per heavy atom. The van der Waals surface area contributed by atoms with Gasteiger partial charge in [0.25, 0.3) is 0 Å². The summed E-state index contributed by atoms with van der Waals surface area (Å²) in [5, 5.41) is 21.3. The van der Waals surface area contributed by atoms with E-state index < -0.39 is 11.5 Å². The monoisotopic (exact) mass is 388 g/mol. The van der Waals surface area contributed by atoms with Crippen LogP contribution in [0.3, 0.4) is 0 Å². The largest absolute Gasteiger partial charge is 0.507 e. The summed E-state index contributed by atoms with van der Waals surface area (Å²) in [6.07, 6.45) is 6.33. The maximum Gasteiger partial charge on any atom is 0.196 e. The highest BCUT2D eigenvalue weighted by Crippen LogP contribution is 2.41. The molecule has 0 aromatic heterocycles. The first-order valence-corrected chi connectivity index (χ1v) is 9.02. The van der Waals surface area contributed by atoms with Crippen LogP contribution in [0.4, 0.5) is 0 Å². The van der Waals surface area contributed by atoms with E-state index in [0.29, 0.717) is 27.6 Å². The number of carbonyl (C=O) groups is 1. The van der Waals surface area contributed by atoms with Gasteiger partial charge in [-0.15, -0.1) is 0 Å². The third kappa shape index (κ3) is 4.08. The number of Topliss-reactive ketones (excluding diaryl/α,β-unsaturated/α-hetero) is 1. The molecule has 0 aliphatic heterocycles. The van der Waals surface area contributed by atoms with Gasteiger partial charge in [-0.05, 0) is 30.5 Å². The predicted molar refractivity (Wildman–Crippen MR) is 98.4 cm³/mol. The highest BCUT2D eigenvalue weighted by Gasteiger charge is 2.27. The molecule has 0 bridgehead atoms. The summed E-state index contributed by atoms with van der Waals surface area (Å²) in [5.74, 6) is -1.16. The van der Waals surface area contributed by atoms with Crippen molar-refractivity contribution in [2.75, 3.05) is 0 Å². The topological polar surface area (TPSA) is 57.5 Å². The Labute approximate surface area is 156 Å². The molecule has 2 N–H and O–H groups in total. The average molecular weight is 390 g/mol. The van der Waals surface area contributed by atoms with Crippen LogP contribution in [0.1, 0.15) is 54.9 Å². The first-order valence-electron chi connectivity index (χ1n) is 7.89. The molecular weight excluding hydrogens is 371 g/mol. The van der Waals surface area contributed by atoms with Crippen molar-refractivity contribution in [3.8, 4) is 11.5 Å². The summed E-state index contributed by atoms with van der Waals surface area (Å²) in [6.45, 7) is 2.12. The number of phenolic OH excluding ortho intramolecular Hbond substituents is 2. The van der Waals surface area contributed by atoms with Crippen molar-refractivity contribution in [1.29, 1.82) is 0 Å². The summed E-state index contributed by atoms with van der Waals surface area (Å²) in [4.78, 5) is 12.7. The van der Waals surface area contributed by atoms with Crippen LogP contribution in [0.2, 0.25) is 5.02 Å². The van der Waals surface area contributed by atoms with Crippen LogP contribution in [0.5, 0.6) is 11.5 Å². The summed E-state index contributed by atoms with van der Waals surface area (Å²) in [7, 11) is 0. The summed E-state index contributed by atoms with van der Waals surface area (Å²) < 4.78 is 0. The molecule has 0 spiro atoms. The van der Waals surface area contributed by atoms with Crippen molar-refractivity contribution in [3.63, 3.8) is 0 Å². The van der Waals surface area contributed by atoms with Crippen molar-refractivity contribution in [2.24, 2.45) is 0 Å². The lowest BCUT2D eigenvalue weighted by atomic mass is 9.96. The van der Waals surface area contributed by atoms with Gasteiger partial charge >= 0.3 is 0 Å². The van der Waals surface area contributed by atoms with E-state index in [1.165, 1.54) is 12.1 Å². The van der Waals surface area contributed by atoms with Crippen LogP contribution in [-0.2, 0) is 6.42 Å². The van der Waals surface area contributed by atoms with Crippen LogP contribution in [0, 0.1) is 0 Å². The SMILES string of the molecule is CCCCCCc1cc(Cl)c(O)c(C(=O)C2=CC(Cl)=C(Cl)C2)c1O. The van der Waals surface area contributed by atoms with Crippen molar-refractivity contribution >= 4 is 40.6 Å². The first-order chi connectivity index (χ1) is 11.4. The molecule has 1 aromatic carbocycles. The third-order valence-electron chi connectivity index (χ3n) is 4.03. The van der Waals surface area contributed by atoms with E-state index in [4.69, 9.17) is 34.8 Å². The summed E-state index contributed by atoms with van der Waals surface area (Å²) >= 11 is 17.9. The molecule has 1 aromatic rings. The van der Waals surface area contributed by atoms with Gasteiger partial charge in [0.2, 0.25) is 0 Å². The lowest BCUT2D eigenvalue weighted by Crippen LogP contribution is -2.05. The minimum atomic E-state index is -0.517. The number of ketones is 1. The molecule has 1 aliphatic carbocycles. The lowest BCUT2D eigenvalue weighted by molar-refractivity contribution is 0.102. The van der Waals surface area contributed by atoms with Crippen molar-refractivity contribution < 1.29 is 15.0 Å². The quantitative estimate of drug-likeness (QED) is 0.439. The van der Waals surface area contributed by atoms with Crippen LogP contribution in [0.25, 0.3) is 0 Å². The van der Waals surface area contributed by atoms with Crippen LogP contribution >= 0.6 is 34.8 Å². The second kappa shape index (κ2) is 8.28. The van der Waals surface area contributed by atoms with E-state index in [1.807, 2.05) is 0 Å². The molecule has 0 amide bonds. The fourth-order valence-corrected chi connectivity index (χ4v) is 3.29. The van der Waals surface area contributed by atoms with Gasteiger partial charge in [0.15, 0.2) is 5.78 Å². The number of hydrogen-bond donors (Lipinski definition) is 2. The molecule has 0 heterocycles. The first kappa shape index (κ1) is 19.2. The maximum atomic E-state index is 12.7. The van der Waals surface area contributed by atoms with E-state index in [9.17, 15) is 15.0 Å². The highest BCUT2D eigenvalue weighted by atomic mass is 35.5. The number of aryl methyl sites for hydroxylation is 1. The smallest absolute Gasteiger partial charge is 0.196 e. The van der Waals surface area contributed by atoms with E-state index in [2.05, 4.69) is 6.92 Å². The standard InChI is InChI=1S/C18H19Cl3O3/c1-2-3-4-5-6-10-7-14(21)18(24)15(16(10)22)17(23)11-8-12(19)13(20)9-11/h7-8,22,24H,2-6,9H2,1H3. The number of phenols is 2. The molecule has 0 fully saturated rings. The van der Waals surface area contributed by atoms with Crippen LogP contribution in [0.15, 0.2) is 27.8 Å². The van der Waals surface area contributed by atoms with E-state index in [1.54, 1.807) is 0 Å². The molecule has 0 unspecified atom stereocenters. The zero-order valence-corrected chi connectivity index (χ0v) is 15.6. The number of unbranched alkanes of at least 4 members (excludes halogenated alkanes) is 3. The van der Waals surface area contributed by atoms with Gasteiger partial charge in [-0.2, -0.15) is 0 Å². The second-order valence-electron chi connectivity index (χ2n) is 5.83. The van der Waals surface area contributed by atoms with Gasteiger partial charge in [0, 0.05) is 17.0 Å². The van der Waals surface area contributed by atoms with Gasteiger partial charge in [-0.25, -0.2) is 0 Å². The number of carbonyl (C=O) groups excluding carboxylic acids is 1. The number of benzene rings is 1. The zero-order valence-electron chi connectivity index (χ0n) is 13.3. The molecule has 0 atom stereocenters. The van der Waals surface area contributed by atoms with E-state index in [0.717, 1.165) is 25.7 Å². The summed E-state index contributed by atoms with van der Waals surface area (Å²) in [6, 6.07) is 1.51. The Kier molecular flexibility index (Phi) is 6.62. The van der Waals surface area contributed by atoms with E-state index in [-0.39, 0.29) is 22.8 Å². The zero-order chi connectivity index (χ0) is 17.9. The number of halogens is 3. The Balaban J connectivity index is 2.31. The fraction of sp³-hybridized carbons (Fsp3) is 0.389. The van der Waals surface area contributed by atoms with Crippen molar-refractivity contribution in [2.45, 2.75) is 45.4 Å². The van der Waals surface area contributed by atoms with Gasteiger partial charge in [-0.1, -0.05) is 61.0 Å². The van der Waals surface area contributed by atoms with Gasteiger partial charge in [0.1, 0.15) is 17.1 Å². The molecular formula is C18H19Cl3O3. The molecule has 0 saturated heterocycles. The Hall–Kier alpha value is -1.16. The molecule has 0 radical (unpaired) electrons. The third-order valence-corrected chi connectivity index (χ3v) is 5.09. The molecule has 24 heavy (non-hydrogen) atoms. The molecule has 2 rings (SSSR count). The molecule has 3 nitrogen and oxygen atoms in total. The minimum Gasteiger partial charge on any atom is -0.507 e. The average Bonchev–Trinajstić information content (AvgIpc) is 2.88. The molecule has 1 aliphatic rings. The van der Waals surface area contributed by atoms with Gasteiger partial charge < -0.3 is 10.2 Å². The minimum absolute atomic E-state index is 0.0467. The number of hydrogen-bond acceptors (Lipinski definition) is 3. The summed E-state index contributed by atoms with van der Waals surface area (Å²) in [5.41, 5.74) is 0.686. The lowest BCUT2D eigenvalue weighted by Gasteiger charge is -2.13.